The van der Waals surface area contributed by atoms with Gasteiger partial charge in [0.15, 0.2) is 0 Å². The molecule has 0 radical (unpaired) electrons. The van der Waals surface area contributed by atoms with E-state index in [1.165, 1.54) is 24.1 Å². The number of methoxy groups -OCH3 is 1. The van der Waals surface area contributed by atoms with Gasteiger partial charge in [-0.1, -0.05) is 40.7 Å². The number of aromatic nitrogens is 1. The summed E-state index contributed by atoms with van der Waals surface area (Å²) >= 11 is 0. The Morgan fingerprint density at radius 2 is 1.95 bits per heavy atom. The van der Waals surface area contributed by atoms with Crippen LogP contribution in [-0.2, 0) is 0 Å². The van der Waals surface area contributed by atoms with Gasteiger partial charge in [0.2, 0.25) is 5.88 Å². The average molecular weight is 290 g/mol. The monoisotopic (exact) mass is 290 g/mol. The van der Waals surface area contributed by atoms with Gasteiger partial charge in [0.05, 0.1) is 7.11 Å². The molecule has 1 aliphatic carbocycles. The maximum Gasteiger partial charge on any atom is 0.212 e. The first-order chi connectivity index (χ1) is 10.3. The number of ether oxygens (including phenoxy) is 1. The second-order valence-corrected chi connectivity index (χ2v) is 4.80. The number of fused-ring (bicyclic) bond motifs is 2. The summed E-state index contributed by atoms with van der Waals surface area (Å²) in [7, 11) is 1.65. The maximum absolute atomic E-state index is 5.09. The molecule has 2 bridgehead atoms. The first-order valence-electron chi connectivity index (χ1n) is 8.28. The third-order valence-corrected chi connectivity index (χ3v) is 3.95. The lowest BCUT2D eigenvalue weighted by atomic mass is 9.97. The first kappa shape index (κ1) is 17.7. The molecule has 1 aromatic rings. The van der Waals surface area contributed by atoms with E-state index in [2.05, 4.69) is 29.0 Å². The quantitative estimate of drug-likeness (QED) is 0.832. The molecule has 2 aliphatic rings. The number of nitrogens with zero attached hydrogens (tertiary/aromatic N) is 2. The Balaban J connectivity index is 0.000000510. The zero-order chi connectivity index (χ0) is 15.8. The molecule has 3 nitrogen and oxygen atoms in total. The molecule has 21 heavy (non-hydrogen) atoms. The van der Waals surface area contributed by atoms with Crippen molar-refractivity contribution in [2.75, 3.05) is 20.2 Å². The summed E-state index contributed by atoms with van der Waals surface area (Å²) in [5.41, 5.74) is 2.74. The third-order valence-electron chi connectivity index (χ3n) is 3.95. The van der Waals surface area contributed by atoms with Crippen LogP contribution in [0.4, 0.5) is 0 Å². The SMILES string of the molecule is CC.CC.CCN1CC2CC1C=C2c1ccc(OC)nc1. The van der Waals surface area contributed by atoms with Crippen LogP contribution < -0.4 is 4.74 Å². The second-order valence-electron chi connectivity index (χ2n) is 4.80. The molecule has 0 amide bonds. The highest BCUT2D eigenvalue weighted by molar-refractivity contribution is 5.71. The topological polar surface area (TPSA) is 25.4 Å². The maximum atomic E-state index is 5.09. The predicted molar refractivity (Wildman–Crippen MR) is 90.6 cm³/mol. The number of hydrogen-bond acceptors (Lipinski definition) is 3. The summed E-state index contributed by atoms with van der Waals surface area (Å²) < 4.78 is 5.09. The normalized spacial score (nSPS) is 22.7. The second kappa shape index (κ2) is 8.83. The lowest BCUT2D eigenvalue weighted by Crippen LogP contribution is -2.30. The largest absolute Gasteiger partial charge is 0.481 e. The summed E-state index contributed by atoms with van der Waals surface area (Å²) in [6.45, 7) is 12.6. The summed E-state index contributed by atoms with van der Waals surface area (Å²) in [4.78, 5) is 6.83. The molecule has 1 aromatic heterocycles. The molecule has 1 fully saturated rings. The van der Waals surface area contributed by atoms with Crippen LogP contribution in [-0.4, -0.2) is 36.1 Å². The van der Waals surface area contributed by atoms with Crippen LogP contribution in [0.2, 0.25) is 0 Å². The number of hydrogen-bond donors (Lipinski definition) is 0. The van der Waals surface area contributed by atoms with Crippen LogP contribution in [0.25, 0.3) is 5.57 Å². The van der Waals surface area contributed by atoms with E-state index in [9.17, 15) is 0 Å². The number of likely N-dealkylation sites (N-methyl/N-ethyl adjacent to an activating group) is 1. The van der Waals surface area contributed by atoms with E-state index < -0.39 is 0 Å². The summed E-state index contributed by atoms with van der Waals surface area (Å²) in [6, 6.07) is 4.72. The van der Waals surface area contributed by atoms with Crippen LogP contribution in [0.1, 0.15) is 46.6 Å². The van der Waals surface area contributed by atoms with E-state index in [-0.39, 0.29) is 0 Å². The van der Waals surface area contributed by atoms with Gasteiger partial charge in [-0.05, 0) is 36.1 Å². The van der Waals surface area contributed by atoms with Gasteiger partial charge in [0, 0.05) is 24.8 Å². The molecular formula is C18H30N2O. The van der Waals surface area contributed by atoms with Gasteiger partial charge in [0.25, 0.3) is 0 Å². The highest BCUT2D eigenvalue weighted by Crippen LogP contribution is 2.41. The van der Waals surface area contributed by atoms with Crippen LogP contribution in [0.15, 0.2) is 24.4 Å². The Labute approximate surface area is 130 Å². The third kappa shape index (κ3) is 3.85. The van der Waals surface area contributed by atoms with Gasteiger partial charge in [0.1, 0.15) is 0 Å². The zero-order valence-corrected chi connectivity index (χ0v) is 14.4. The van der Waals surface area contributed by atoms with E-state index >= 15 is 0 Å². The molecule has 3 heteroatoms. The Kier molecular flexibility index (Phi) is 7.44. The smallest absolute Gasteiger partial charge is 0.212 e. The lowest BCUT2D eigenvalue weighted by Gasteiger charge is -2.24. The van der Waals surface area contributed by atoms with Gasteiger partial charge in [-0.15, -0.1) is 0 Å². The molecule has 2 heterocycles. The highest BCUT2D eigenvalue weighted by atomic mass is 16.5. The van der Waals surface area contributed by atoms with Crippen molar-refractivity contribution in [2.45, 2.75) is 47.1 Å². The van der Waals surface area contributed by atoms with Gasteiger partial charge >= 0.3 is 0 Å². The van der Waals surface area contributed by atoms with Crippen molar-refractivity contribution in [3.05, 3.63) is 30.0 Å². The van der Waals surface area contributed by atoms with Crippen LogP contribution in [0.3, 0.4) is 0 Å². The Morgan fingerprint density at radius 3 is 2.38 bits per heavy atom. The highest BCUT2D eigenvalue weighted by Gasteiger charge is 2.38. The fourth-order valence-electron chi connectivity index (χ4n) is 3.04. The molecule has 0 aromatic carbocycles. The number of likely N-dealkylation sites (tertiary alicyclic amines) is 1. The minimum atomic E-state index is 0.655. The molecule has 2 atom stereocenters. The van der Waals surface area contributed by atoms with E-state index in [1.54, 1.807) is 7.11 Å². The molecule has 1 saturated heterocycles. The van der Waals surface area contributed by atoms with Crippen LogP contribution >= 0.6 is 0 Å². The van der Waals surface area contributed by atoms with E-state index in [0.29, 0.717) is 17.8 Å². The van der Waals surface area contributed by atoms with Gasteiger partial charge < -0.3 is 4.74 Å². The van der Waals surface area contributed by atoms with E-state index in [4.69, 9.17) is 4.74 Å². The fraction of sp³-hybridized carbons (Fsp3) is 0.611. The zero-order valence-electron chi connectivity index (χ0n) is 14.4. The van der Waals surface area contributed by atoms with E-state index in [0.717, 1.165) is 6.54 Å². The van der Waals surface area contributed by atoms with Gasteiger partial charge in [-0.25, -0.2) is 4.98 Å². The molecule has 0 saturated carbocycles. The lowest BCUT2D eigenvalue weighted by molar-refractivity contribution is 0.297. The van der Waals surface area contributed by atoms with Crippen molar-refractivity contribution in [3.63, 3.8) is 0 Å². The molecule has 118 valence electrons. The van der Waals surface area contributed by atoms with Crippen molar-refractivity contribution in [2.24, 2.45) is 5.92 Å². The molecule has 0 N–H and O–H groups in total. The Bertz CT molecular complexity index is 439. The molecule has 3 rings (SSSR count). The van der Waals surface area contributed by atoms with Crippen molar-refractivity contribution in [3.8, 4) is 5.88 Å². The van der Waals surface area contributed by atoms with Crippen molar-refractivity contribution < 1.29 is 4.74 Å². The standard InChI is InChI=1S/C14H18N2O.2C2H6/c1-3-16-9-11-6-12(16)7-13(11)10-4-5-14(17-2)15-8-10;2*1-2/h4-5,7-8,11-12H,3,6,9H2,1-2H3;2*1-2H3. The molecule has 0 spiro atoms. The van der Waals surface area contributed by atoms with Crippen molar-refractivity contribution >= 4 is 5.57 Å². The molecule has 2 unspecified atom stereocenters. The predicted octanol–water partition coefficient (Wildman–Crippen LogP) is 4.25. The summed E-state index contributed by atoms with van der Waals surface area (Å²) in [5, 5.41) is 0. The minimum absolute atomic E-state index is 0.655. The number of pyridine rings is 1. The van der Waals surface area contributed by atoms with Gasteiger partial charge in [-0.2, -0.15) is 0 Å². The van der Waals surface area contributed by atoms with Crippen LogP contribution in [0, 0.1) is 5.92 Å². The summed E-state index contributed by atoms with van der Waals surface area (Å²) in [6.07, 6.45) is 5.64. The van der Waals surface area contributed by atoms with Crippen LogP contribution in [0.5, 0.6) is 5.88 Å². The Hall–Kier alpha value is -1.35. The van der Waals surface area contributed by atoms with Gasteiger partial charge in [-0.3, -0.25) is 4.90 Å². The Morgan fingerprint density at radius 1 is 1.24 bits per heavy atom. The van der Waals surface area contributed by atoms with Crippen molar-refractivity contribution in [1.29, 1.82) is 0 Å². The fourth-order valence-corrected chi connectivity index (χ4v) is 3.04. The molecular weight excluding hydrogens is 260 g/mol. The minimum Gasteiger partial charge on any atom is -0.481 e. The summed E-state index contributed by atoms with van der Waals surface area (Å²) in [5.74, 6) is 1.39. The average Bonchev–Trinajstić information content (AvgIpc) is 3.18. The van der Waals surface area contributed by atoms with E-state index in [1.807, 2.05) is 40.0 Å². The van der Waals surface area contributed by atoms with Crippen molar-refractivity contribution in [1.82, 2.24) is 9.88 Å². The molecule has 1 aliphatic heterocycles. The number of rotatable bonds is 3. The first-order valence-corrected chi connectivity index (χ1v) is 8.28.